The van der Waals surface area contributed by atoms with Crippen LogP contribution < -0.4 is 65.1 Å². The van der Waals surface area contributed by atoms with Gasteiger partial charge in [0.1, 0.15) is 53.8 Å². The highest BCUT2D eigenvalue weighted by Gasteiger charge is 2.37. The number of para-hydroxylation sites is 1. The quantitative estimate of drug-likeness (QED) is 0.0118. The van der Waals surface area contributed by atoms with Crippen molar-refractivity contribution in [3.8, 4) is 11.5 Å². The van der Waals surface area contributed by atoms with Crippen LogP contribution >= 0.6 is 0 Å². The summed E-state index contributed by atoms with van der Waals surface area (Å²) in [6.45, 7) is 3.59. The van der Waals surface area contributed by atoms with Crippen LogP contribution in [0.25, 0.3) is 10.9 Å². The highest BCUT2D eigenvalue weighted by atomic mass is 16.4. The number of carboxylic acids is 2. The maximum absolute atomic E-state index is 14.7. The summed E-state index contributed by atoms with van der Waals surface area (Å²) in [7, 11) is 0. The number of carbonyl (C=O) groups excluding carboxylic acids is 9. The standard InChI is InChI=1S/C56H76N14O17/c1-27(2)19-37(53(84)70-46(28(3)72)55(86)87)64-50(81)40(22-31-25-62-36-9-5-4-7-34(31)36)67-48(79)38(20-29-10-14-32(73)15-11-29)66-54(85)43(26-71)69-49(80)39(21-30-12-16-33(74)17-13-30)65-52(83)42(24-45(76)77)68-51(82)41(23-44(58)75)63-47(78)35(57)8-6-18-61-56(59)60/h4-5,7,9-17,25,27-28,35,37-43,46,62,71-74H,6,8,18-24,26,57H2,1-3H3,(H2,58,75)(H,63,78)(H,64,81)(H,65,83)(H,66,85)(H,67,79)(H,68,82)(H,69,80)(H,70,84)(H,76,77)(H,86,87)(H4,59,60,61)/t28-,35+,37+,38+,39+,40+,41+,42+,43+,46+/m1/s1. The Kier molecular flexibility index (Phi) is 26.9. The van der Waals surface area contributed by atoms with Gasteiger partial charge in [0.2, 0.25) is 53.2 Å². The maximum atomic E-state index is 14.7. The van der Waals surface area contributed by atoms with E-state index in [1.165, 1.54) is 48.5 Å². The van der Waals surface area contributed by atoms with Crippen LogP contribution in [0.4, 0.5) is 0 Å². The highest BCUT2D eigenvalue weighted by Crippen LogP contribution is 2.21. The van der Waals surface area contributed by atoms with Gasteiger partial charge in [0.05, 0.1) is 31.6 Å². The molecule has 31 nitrogen and oxygen atoms in total. The van der Waals surface area contributed by atoms with Gasteiger partial charge in [0.25, 0.3) is 0 Å². The van der Waals surface area contributed by atoms with Crippen LogP contribution in [0.1, 0.15) is 69.6 Å². The number of carboxylic acid groups (broad SMARTS) is 2. The van der Waals surface area contributed by atoms with Crippen LogP contribution in [-0.4, -0.2) is 180 Å². The van der Waals surface area contributed by atoms with Crippen molar-refractivity contribution in [3.05, 3.63) is 95.7 Å². The molecule has 0 aliphatic carbocycles. The number of phenols is 2. The Hall–Kier alpha value is -9.88. The van der Waals surface area contributed by atoms with Gasteiger partial charge in [-0.1, -0.05) is 56.3 Å². The fourth-order valence-electron chi connectivity index (χ4n) is 8.81. The lowest BCUT2D eigenvalue weighted by Gasteiger charge is -2.28. The van der Waals surface area contributed by atoms with Crippen molar-refractivity contribution in [2.24, 2.45) is 23.1 Å². The number of nitrogens with one attached hydrogen (secondary N) is 11. The van der Waals surface area contributed by atoms with Crippen molar-refractivity contribution in [1.82, 2.24) is 52.8 Å². The molecule has 23 N–H and O–H groups in total. The Morgan fingerprint density at radius 2 is 1.00 bits per heavy atom. The van der Waals surface area contributed by atoms with Gasteiger partial charge in [-0.05, 0) is 79.1 Å². The molecule has 1 aromatic heterocycles. The topological polar surface area (TPSA) is 535 Å². The molecular weight excluding hydrogens is 1140 g/mol. The van der Waals surface area contributed by atoms with E-state index in [-0.39, 0.29) is 67.6 Å². The molecule has 0 saturated carbocycles. The number of hydrogen-bond acceptors (Lipinski definition) is 17. The van der Waals surface area contributed by atoms with E-state index in [1.54, 1.807) is 44.3 Å². The van der Waals surface area contributed by atoms with E-state index in [0.717, 1.165) is 6.92 Å². The van der Waals surface area contributed by atoms with E-state index in [2.05, 4.69) is 52.8 Å². The third-order valence-corrected chi connectivity index (χ3v) is 13.3. The summed E-state index contributed by atoms with van der Waals surface area (Å²) in [4.78, 5) is 151. The van der Waals surface area contributed by atoms with E-state index in [9.17, 15) is 83.4 Å². The van der Waals surface area contributed by atoms with Crippen LogP contribution in [0.2, 0.25) is 0 Å². The fraction of sp³-hybridized carbons (Fsp3) is 0.429. The number of benzene rings is 3. The van der Waals surface area contributed by atoms with Crippen LogP contribution in [-0.2, 0) is 72.0 Å². The van der Waals surface area contributed by atoms with Crippen molar-refractivity contribution in [2.45, 2.75) is 133 Å². The summed E-state index contributed by atoms with van der Waals surface area (Å²) in [6.07, 6.45) is -2.82. The zero-order chi connectivity index (χ0) is 64.7. The Bertz CT molecular complexity index is 3080. The van der Waals surface area contributed by atoms with E-state index in [4.69, 9.17) is 22.6 Å². The second kappa shape index (κ2) is 33.6. The first-order valence-corrected chi connectivity index (χ1v) is 27.4. The third-order valence-electron chi connectivity index (χ3n) is 13.3. The third kappa shape index (κ3) is 22.9. The monoisotopic (exact) mass is 1220 g/mol. The molecule has 0 fully saturated rings. The number of amides is 9. The summed E-state index contributed by atoms with van der Waals surface area (Å²) in [5, 5.41) is 89.7. The number of H-pyrrole nitrogens is 1. The summed E-state index contributed by atoms with van der Waals surface area (Å²) >= 11 is 0. The van der Waals surface area contributed by atoms with Crippen molar-refractivity contribution < 1.29 is 83.4 Å². The van der Waals surface area contributed by atoms with E-state index in [0.29, 0.717) is 22.0 Å². The molecule has 3 aromatic carbocycles. The molecule has 0 unspecified atom stereocenters. The normalized spacial score (nSPS) is 14.6. The number of aromatic hydroxyl groups is 2. The lowest BCUT2D eigenvalue weighted by molar-refractivity contribution is -0.145. The zero-order valence-corrected chi connectivity index (χ0v) is 47.8. The molecule has 10 atom stereocenters. The maximum Gasteiger partial charge on any atom is 0.328 e. The number of aliphatic carboxylic acids is 2. The number of phenolic OH excluding ortho intramolecular Hbond substituents is 2. The molecule has 1 heterocycles. The molecule has 31 heteroatoms. The minimum absolute atomic E-state index is 0.00492. The van der Waals surface area contributed by atoms with Gasteiger partial charge in [0, 0.05) is 42.9 Å². The van der Waals surface area contributed by atoms with Crippen molar-refractivity contribution in [1.29, 1.82) is 5.41 Å². The Labute approximate surface area is 498 Å². The van der Waals surface area contributed by atoms with Crippen molar-refractivity contribution >= 4 is 82.0 Å². The minimum Gasteiger partial charge on any atom is -0.508 e. The predicted octanol–water partition coefficient (Wildman–Crippen LogP) is -4.07. The number of fused-ring (bicyclic) bond motifs is 1. The number of aromatic amines is 1. The summed E-state index contributed by atoms with van der Waals surface area (Å²) in [5.74, 6) is -14.2. The van der Waals surface area contributed by atoms with Gasteiger partial charge in [-0.25, -0.2) is 4.79 Å². The molecule has 0 aliphatic rings. The number of primary amides is 1. The molecule has 4 rings (SSSR count). The number of hydrogen-bond donors (Lipinski definition) is 20. The van der Waals surface area contributed by atoms with E-state index in [1.807, 2.05) is 0 Å². The molecule has 4 aromatic rings. The average molecular weight is 1220 g/mol. The molecule has 87 heavy (non-hydrogen) atoms. The van der Waals surface area contributed by atoms with Crippen LogP contribution in [0.3, 0.4) is 0 Å². The van der Waals surface area contributed by atoms with Gasteiger partial charge in [-0.15, -0.1) is 0 Å². The fourth-order valence-corrected chi connectivity index (χ4v) is 8.81. The van der Waals surface area contributed by atoms with Crippen LogP contribution in [0.5, 0.6) is 11.5 Å². The first-order valence-electron chi connectivity index (χ1n) is 27.4. The summed E-state index contributed by atoms with van der Waals surface area (Å²) in [6, 6.07) is 2.28. The summed E-state index contributed by atoms with van der Waals surface area (Å²) < 4.78 is 0. The highest BCUT2D eigenvalue weighted by molar-refractivity contribution is 6.00. The largest absolute Gasteiger partial charge is 0.508 e. The molecule has 0 saturated heterocycles. The van der Waals surface area contributed by atoms with Crippen LogP contribution in [0, 0.1) is 11.3 Å². The second-order valence-electron chi connectivity index (χ2n) is 21.0. The molecule has 0 spiro atoms. The number of aromatic nitrogens is 1. The van der Waals surface area contributed by atoms with Gasteiger partial charge in [0.15, 0.2) is 12.0 Å². The molecular formula is C56H76N14O17. The van der Waals surface area contributed by atoms with Gasteiger partial charge >= 0.3 is 11.9 Å². The molecule has 472 valence electrons. The van der Waals surface area contributed by atoms with Gasteiger partial charge in [-0.2, -0.15) is 0 Å². The number of carbonyl (C=O) groups is 11. The number of aliphatic hydroxyl groups excluding tert-OH is 2. The molecule has 0 radical (unpaired) electrons. The summed E-state index contributed by atoms with van der Waals surface area (Å²) in [5.41, 5.74) is 18.3. The average Bonchev–Trinajstić information content (AvgIpc) is 4.02. The lowest BCUT2D eigenvalue weighted by Crippen LogP contribution is -2.62. The Balaban J connectivity index is 1.66. The smallest absolute Gasteiger partial charge is 0.328 e. The van der Waals surface area contributed by atoms with E-state index >= 15 is 0 Å². The number of rotatable bonds is 35. The Morgan fingerprint density at radius 1 is 0.563 bits per heavy atom. The van der Waals surface area contributed by atoms with Crippen molar-refractivity contribution in [2.75, 3.05) is 13.2 Å². The Morgan fingerprint density at radius 3 is 1.47 bits per heavy atom. The minimum atomic E-state index is -2.04. The number of aliphatic hydroxyl groups is 2. The van der Waals surface area contributed by atoms with E-state index < -0.39 is 151 Å². The first kappa shape index (κ1) is 69.6. The lowest BCUT2D eigenvalue weighted by atomic mass is 9.99. The molecule has 0 aliphatic heterocycles. The second-order valence-corrected chi connectivity index (χ2v) is 21.0. The zero-order valence-electron chi connectivity index (χ0n) is 47.8. The number of guanidine groups is 1. The molecule has 0 bridgehead atoms. The van der Waals surface area contributed by atoms with Gasteiger partial charge in [-0.3, -0.25) is 53.4 Å². The number of nitrogens with two attached hydrogens (primary N) is 3. The SMILES string of the molecule is CC(C)C[C@H](NC(=O)[C@H](Cc1c[nH]c2ccccc12)NC(=O)[C@H](Cc1ccc(O)cc1)NC(=O)[C@H](CO)NC(=O)[C@H](Cc1ccc(O)cc1)NC(=O)[C@H](CC(=O)O)NC(=O)[C@H](CC(N)=O)NC(=O)[C@@H](N)CCCNC(=N)N)C(=O)N[C@H](C(=O)O)[C@@H](C)O. The molecule has 9 amide bonds. The van der Waals surface area contributed by atoms with Gasteiger partial charge < -0.3 is 101 Å². The first-order chi connectivity index (χ1) is 41.0. The predicted molar refractivity (Wildman–Crippen MR) is 310 cm³/mol. The van der Waals surface area contributed by atoms with Crippen LogP contribution in [0.15, 0.2) is 79.0 Å². The van der Waals surface area contributed by atoms with Crippen molar-refractivity contribution in [3.63, 3.8) is 0 Å².